The Balaban J connectivity index is 2.44. The first-order valence-corrected chi connectivity index (χ1v) is 6.75. The van der Waals surface area contributed by atoms with E-state index in [1.54, 1.807) is 31.4 Å². The van der Waals surface area contributed by atoms with Crippen LogP contribution in [0.1, 0.15) is 6.92 Å². The summed E-state index contributed by atoms with van der Waals surface area (Å²) in [6.07, 6.45) is 0. The Labute approximate surface area is 125 Å². The number of nitrogens with two attached hydrogens (primary N) is 1. The number of hydrogen-bond donors (Lipinski definition) is 2. The molecule has 0 aliphatic carbocycles. The highest BCUT2D eigenvalue weighted by Gasteiger charge is 2.12. The summed E-state index contributed by atoms with van der Waals surface area (Å²) in [6.45, 7) is 2.89. The molecule has 1 aromatic rings. The smallest absolute Gasteiger partial charge is 0.238 e. The third-order valence-electron chi connectivity index (χ3n) is 2.86. The second-order valence-electron chi connectivity index (χ2n) is 4.78. The van der Waals surface area contributed by atoms with Gasteiger partial charge in [-0.2, -0.15) is 0 Å². The predicted molar refractivity (Wildman–Crippen MR) is 85.1 cm³/mol. The minimum absolute atomic E-state index is 0.0761. The number of nitrogens with one attached hydrogen (secondary N) is 1. The van der Waals surface area contributed by atoms with Crippen LogP contribution in [0.25, 0.3) is 0 Å². The number of anilines is 1. The highest BCUT2D eigenvalue weighted by atomic mass is 32.1. The predicted octanol–water partition coefficient (Wildman–Crippen LogP) is 1.49. The van der Waals surface area contributed by atoms with Crippen LogP contribution in [0.4, 0.5) is 5.69 Å². The largest absolute Gasteiger partial charge is 0.497 e. The van der Waals surface area contributed by atoms with E-state index in [9.17, 15) is 4.79 Å². The summed E-state index contributed by atoms with van der Waals surface area (Å²) in [6, 6.07) is 7.20. The fourth-order valence-electron chi connectivity index (χ4n) is 1.74. The van der Waals surface area contributed by atoms with Gasteiger partial charge in [-0.15, -0.1) is 0 Å². The van der Waals surface area contributed by atoms with Gasteiger partial charge in [-0.05, 0) is 31.3 Å². The maximum atomic E-state index is 11.9. The highest BCUT2D eigenvalue weighted by Crippen LogP contribution is 2.14. The van der Waals surface area contributed by atoms with Crippen molar-refractivity contribution in [3.05, 3.63) is 24.3 Å². The number of benzene rings is 1. The number of likely N-dealkylation sites (N-methyl/N-ethyl adjacent to an activating group) is 1. The average Bonchev–Trinajstić information content (AvgIpc) is 2.39. The summed E-state index contributed by atoms with van der Waals surface area (Å²) >= 11 is 4.92. The van der Waals surface area contributed by atoms with E-state index < -0.39 is 0 Å². The molecule has 0 saturated heterocycles. The lowest BCUT2D eigenvalue weighted by atomic mass is 10.2. The molecule has 1 aromatic carbocycles. The summed E-state index contributed by atoms with van der Waals surface area (Å²) in [4.78, 5) is 14.2. The van der Waals surface area contributed by atoms with Gasteiger partial charge in [-0.25, -0.2) is 0 Å². The third kappa shape index (κ3) is 5.54. The van der Waals surface area contributed by atoms with Crippen molar-refractivity contribution in [2.75, 3.05) is 32.6 Å². The molecule has 110 valence electrons. The number of amides is 1. The molecule has 0 saturated carbocycles. The summed E-state index contributed by atoms with van der Waals surface area (Å²) < 4.78 is 5.06. The first kappa shape index (κ1) is 16.4. The standard InChI is InChI=1S/C14H21N3O2S/c1-10(14(15)20)8-17(2)9-13(18)16-11-4-6-12(19-3)7-5-11/h4-7,10H,8-9H2,1-3H3,(H2,15,20)(H,16,18). The van der Waals surface area contributed by atoms with E-state index in [0.29, 0.717) is 18.1 Å². The van der Waals surface area contributed by atoms with E-state index in [1.165, 1.54) is 0 Å². The molecule has 1 atom stereocenters. The lowest BCUT2D eigenvalue weighted by molar-refractivity contribution is -0.117. The van der Waals surface area contributed by atoms with Crippen molar-refractivity contribution in [2.45, 2.75) is 6.92 Å². The fourth-order valence-corrected chi connectivity index (χ4v) is 1.82. The maximum absolute atomic E-state index is 11.9. The Morgan fingerprint density at radius 2 is 2.05 bits per heavy atom. The van der Waals surface area contributed by atoms with Crippen LogP contribution < -0.4 is 15.8 Å². The number of methoxy groups -OCH3 is 1. The van der Waals surface area contributed by atoms with Crippen molar-refractivity contribution in [3.63, 3.8) is 0 Å². The van der Waals surface area contributed by atoms with Crippen LogP contribution in [0, 0.1) is 5.92 Å². The molecule has 1 unspecified atom stereocenters. The summed E-state index contributed by atoms with van der Waals surface area (Å²) in [5, 5.41) is 2.83. The van der Waals surface area contributed by atoms with Gasteiger partial charge in [-0.1, -0.05) is 19.1 Å². The average molecular weight is 295 g/mol. The Morgan fingerprint density at radius 1 is 1.45 bits per heavy atom. The molecular weight excluding hydrogens is 274 g/mol. The summed E-state index contributed by atoms with van der Waals surface area (Å²) in [7, 11) is 3.47. The van der Waals surface area contributed by atoms with Crippen LogP contribution in [0.5, 0.6) is 5.75 Å². The molecular formula is C14H21N3O2S. The minimum atomic E-state index is -0.0761. The van der Waals surface area contributed by atoms with Gasteiger partial charge in [0.2, 0.25) is 5.91 Å². The van der Waals surface area contributed by atoms with Crippen molar-refractivity contribution >= 4 is 28.8 Å². The summed E-state index contributed by atoms with van der Waals surface area (Å²) in [5.41, 5.74) is 6.30. The SMILES string of the molecule is COc1ccc(NC(=O)CN(C)CC(C)C(N)=S)cc1. The molecule has 5 nitrogen and oxygen atoms in total. The molecule has 0 heterocycles. The summed E-state index contributed by atoms with van der Waals surface area (Å²) in [5.74, 6) is 0.766. The number of thiocarbonyl (C=S) groups is 1. The Bertz CT molecular complexity index is 462. The normalized spacial score (nSPS) is 12.0. The first-order valence-electron chi connectivity index (χ1n) is 6.34. The number of rotatable bonds is 7. The van der Waals surface area contributed by atoms with Crippen molar-refractivity contribution in [1.82, 2.24) is 4.90 Å². The maximum Gasteiger partial charge on any atom is 0.238 e. The molecule has 0 aliphatic heterocycles. The van der Waals surface area contributed by atoms with Crippen molar-refractivity contribution in [3.8, 4) is 5.75 Å². The van der Waals surface area contributed by atoms with Gasteiger partial charge in [0.1, 0.15) is 5.75 Å². The van der Waals surface area contributed by atoms with Crippen LogP contribution in [-0.2, 0) is 4.79 Å². The topological polar surface area (TPSA) is 67.6 Å². The molecule has 3 N–H and O–H groups in total. The Kier molecular flexibility index (Phi) is 6.41. The molecule has 0 spiro atoms. The molecule has 0 aromatic heterocycles. The zero-order valence-electron chi connectivity index (χ0n) is 12.1. The zero-order valence-corrected chi connectivity index (χ0v) is 12.9. The molecule has 0 radical (unpaired) electrons. The van der Waals surface area contributed by atoms with Crippen LogP contribution in [0.15, 0.2) is 24.3 Å². The number of carbonyl (C=O) groups excluding carboxylic acids is 1. The molecule has 0 fully saturated rings. The van der Waals surface area contributed by atoms with Crippen molar-refractivity contribution in [2.24, 2.45) is 11.7 Å². The number of carbonyl (C=O) groups is 1. The molecule has 1 rings (SSSR count). The zero-order chi connectivity index (χ0) is 15.1. The van der Waals surface area contributed by atoms with Gasteiger partial charge in [0.15, 0.2) is 0 Å². The van der Waals surface area contributed by atoms with Crippen molar-refractivity contribution in [1.29, 1.82) is 0 Å². The van der Waals surface area contributed by atoms with Gasteiger partial charge < -0.3 is 15.8 Å². The number of nitrogens with zero attached hydrogens (tertiary/aromatic N) is 1. The molecule has 20 heavy (non-hydrogen) atoms. The van der Waals surface area contributed by atoms with E-state index in [4.69, 9.17) is 22.7 Å². The van der Waals surface area contributed by atoms with Gasteiger partial charge in [0, 0.05) is 18.2 Å². The van der Waals surface area contributed by atoms with E-state index in [1.807, 2.05) is 18.9 Å². The first-order chi connectivity index (χ1) is 9.42. The van der Waals surface area contributed by atoms with Crippen LogP contribution in [0.2, 0.25) is 0 Å². The molecule has 1 amide bonds. The fraction of sp³-hybridized carbons (Fsp3) is 0.429. The van der Waals surface area contributed by atoms with Crippen LogP contribution in [0.3, 0.4) is 0 Å². The third-order valence-corrected chi connectivity index (χ3v) is 3.26. The van der Waals surface area contributed by atoms with Gasteiger partial charge in [0.05, 0.1) is 18.6 Å². The van der Waals surface area contributed by atoms with Gasteiger partial charge in [-0.3, -0.25) is 9.69 Å². The van der Waals surface area contributed by atoms with Crippen LogP contribution >= 0.6 is 12.2 Å². The highest BCUT2D eigenvalue weighted by molar-refractivity contribution is 7.80. The number of hydrogen-bond acceptors (Lipinski definition) is 4. The Hall–Kier alpha value is -1.66. The van der Waals surface area contributed by atoms with E-state index >= 15 is 0 Å². The second-order valence-corrected chi connectivity index (χ2v) is 5.25. The Morgan fingerprint density at radius 3 is 2.55 bits per heavy atom. The van der Waals surface area contributed by atoms with Crippen molar-refractivity contribution < 1.29 is 9.53 Å². The van der Waals surface area contributed by atoms with E-state index in [-0.39, 0.29) is 11.8 Å². The second kappa shape index (κ2) is 7.81. The lowest BCUT2D eigenvalue weighted by Crippen LogP contribution is -2.36. The molecule has 0 bridgehead atoms. The quantitative estimate of drug-likeness (QED) is 0.746. The minimum Gasteiger partial charge on any atom is -0.497 e. The van der Waals surface area contributed by atoms with Gasteiger partial charge >= 0.3 is 0 Å². The van der Waals surface area contributed by atoms with E-state index in [2.05, 4.69) is 5.32 Å². The van der Waals surface area contributed by atoms with Gasteiger partial charge in [0.25, 0.3) is 0 Å². The molecule has 6 heteroatoms. The van der Waals surface area contributed by atoms with E-state index in [0.717, 1.165) is 11.4 Å². The molecule has 0 aliphatic rings. The number of ether oxygens (including phenoxy) is 1. The lowest BCUT2D eigenvalue weighted by Gasteiger charge is -2.20. The monoisotopic (exact) mass is 295 g/mol. The van der Waals surface area contributed by atoms with Crippen LogP contribution in [-0.4, -0.2) is 43.0 Å².